The monoisotopic (exact) mass is 394 g/mol. The van der Waals surface area contributed by atoms with E-state index in [-0.39, 0.29) is 35.0 Å². The van der Waals surface area contributed by atoms with E-state index in [1.807, 2.05) is 0 Å². The number of rotatable bonds is 5. The maximum Gasteiger partial charge on any atom is 0.311 e. The van der Waals surface area contributed by atoms with Crippen molar-refractivity contribution in [1.29, 1.82) is 0 Å². The summed E-state index contributed by atoms with van der Waals surface area (Å²) in [6, 6.07) is 5.68. The summed E-state index contributed by atoms with van der Waals surface area (Å²) < 4.78 is 57.4. The first kappa shape index (κ1) is 19.0. The Labute approximate surface area is 154 Å². The van der Waals surface area contributed by atoms with E-state index >= 15 is 0 Å². The number of sulfone groups is 1. The quantitative estimate of drug-likeness (QED) is 0.622. The van der Waals surface area contributed by atoms with Crippen molar-refractivity contribution in [2.75, 3.05) is 12.9 Å². The lowest BCUT2D eigenvalue weighted by Gasteiger charge is -2.04. The Hall–Kier alpha value is -2.81. The number of carbonyl (C=O) groups excluding carboxylic acids is 1. The highest BCUT2D eigenvalue weighted by Crippen LogP contribution is 2.26. The Bertz CT molecular complexity index is 1120. The lowest BCUT2D eigenvalue weighted by Crippen LogP contribution is -2.08. The van der Waals surface area contributed by atoms with Crippen LogP contribution in [0.1, 0.15) is 12.6 Å². The zero-order valence-electron chi connectivity index (χ0n) is 14.6. The van der Waals surface area contributed by atoms with E-state index in [4.69, 9.17) is 4.74 Å². The molecule has 0 aliphatic heterocycles. The van der Waals surface area contributed by atoms with Gasteiger partial charge < -0.3 is 4.74 Å². The van der Waals surface area contributed by atoms with E-state index in [1.165, 1.54) is 22.7 Å². The second-order valence-electron chi connectivity index (χ2n) is 5.91. The lowest BCUT2D eigenvalue weighted by atomic mass is 10.2. The molecular formula is C18H16F2N2O4S. The van der Waals surface area contributed by atoms with Gasteiger partial charge in [0.15, 0.2) is 9.84 Å². The fourth-order valence-corrected chi connectivity index (χ4v) is 3.36. The molecule has 1 aromatic carbocycles. The first-order valence-corrected chi connectivity index (χ1v) is 9.91. The molecule has 0 N–H and O–H groups in total. The number of hydrogen-bond donors (Lipinski definition) is 0. The van der Waals surface area contributed by atoms with Crippen LogP contribution in [0.15, 0.2) is 41.4 Å². The average Bonchev–Trinajstić information content (AvgIpc) is 2.91. The fourth-order valence-electron chi connectivity index (χ4n) is 2.72. The van der Waals surface area contributed by atoms with Gasteiger partial charge in [-0.25, -0.2) is 22.2 Å². The summed E-state index contributed by atoms with van der Waals surface area (Å²) in [6.45, 7) is 1.84. The molecule has 9 heteroatoms. The molecule has 0 radical (unpaired) electrons. The Kier molecular flexibility index (Phi) is 4.97. The maximum absolute atomic E-state index is 13.6. The van der Waals surface area contributed by atoms with Crippen molar-refractivity contribution in [3.05, 3.63) is 53.9 Å². The van der Waals surface area contributed by atoms with Gasteiger partial charge in [0.1, 0.15) is 17.5 Å². The molecule has 2 heterocycles. The molecule has 0 aliphatic rings. The molecule has 0 spiro atoms. The molecule has 3 aromatic rings. The number of benzene rings is 1. The van der Waals surface area contributed by atoms with Crippen LogP contribution >= 0.6 is 0 Å². The van der Waals surface area contributed by atoms with Crippen LogP contribution in [0.2, 0.25) is 0 Å². The Balaban J connectivity index is 2.24. The topological polar surface area (TPSA) is 77.7 Å². The highest BCUT2D eigenvalue weighted by molar-refractivity contribution is 7.90. The second-order valence-corrected chi connectivity index (χ2v) is 7.93. The molecule has 0 aliphatic carbocycles. The number of nitrogens with zero attached hydrogens (tertiary/aromatic N) is 2. The minimum absolute atomic E-state index is 0.0389. The summed E-state index contributed by atoms with van der Waals surface area (Å²) >= 11 is 0. The number of pyridine rings is 1. The summed E-state index contributed by atoms with van der Waals surface area (Å²) in [5, 5.41) is 0. The van der Waals surface area contributed by atoms with E-state index in [1.54, 1.807) is 6.92 Å². The zero-order valence-corrected chi connectivity index (χ0v) is 15.4. The van der Waals surface area contributed by atoms with Gasteiger partial charge in [-0.3, -0.25) is 9.20 Å². The van der Waals surface area contributed by atoms with Gasteiger partial charge in [-0.15, -0.1) is 0 Å². The van der Waals surface area contributed by atoms with Crippen LogP contribution in [0.3, 0.4) is 0 Å². The minimum Gasteiger partial charge on any atom is -0.466 e. The van der Waals surface area contributed by atoms with Crippen molar-refractivity contribution in [1.82, 2.24) is 9.38 Å². The molecule has 0 unspecified atom stereocenters. The van der Waals surface area contributed by atoms with Crippen LogP contribution in [0.25, 0.3) is 16.9 Å². The van der Waals surface area contributed by atoms with Gasteiger partial charge in [-0.05, 0) is 31.2 Å². The van der Waals surface area contributed by atoms with E-state index in [9.17, 15) is 22.0 Å². The molecule has 3 rings (SSSR count). The molecule has 27 heavy (non-hydrogen) atoms. The number of aromatic nitrogens is 2. The van der Waals surface area contributed by atoms with Crippen molar-refractivity contribution in [2.45, 2.75) is 18.2 Å². The van der Waals surface area contributed by atoms with Crippen LogP contribution in [0.5, 0.6) is 0 Å². The SMILES string of the molecule is CCOC(=O)Cc1nc(-c2cc(F)cc(F)c2)n2ccc(S(C)(=O)=O)cc12. The first-order valence-electron chi connectivity index (χ1n) is 8.02. The Morgan fingerprint density at radius 2 is 1.85 bits per heavy atom. The Morgan fingerprint density at radius 3 is 2.44 bits per heavy atom. The molecule has 0 bridgehead atoms. The van der Waals surface area contributed by atoms with Crippen molar-refractivity contribution in [3.8, 4) is 11.4 Å². The fraction of sp³-hybridized carbons (Fsp3) is 0.222. The molecule has 0 saturated heterocycles. The van der Waals surface area contributed by atoms with Crippen LogP contribution in [0, 0.1) is 11.6 Å². The Morgan fingerprint density at radius 1 is 1.19 bits per heavy atom. The number of fused-ring (bicyclic) bond motifs is 1. The molecule has 0 saturated carbocycles. The van der Waals surface area contributed by atoms with Gasteiger partial charge in [0.2, 0.25) is 0 Å². The predicted molar refractivity (Wildman–Crippen MR) is 94.0 cm³/mol. The number of hydrogen-bond acceptors (Lipinski definition) is 5. The van der Waals surface area contributed by atoms with E-state index in [2.05, 4.69) is 4.98 Å². The molecule has 2 aromatic heterocycles. The predicted octanol–water partition coefficient (Wildman–Crippen LogP) is 2.79. The molecule has 142 valence electrons. The highest BCUT2D eigenvalue weighted by atomic mass is 32.2. The summed E-state index contributed by atoms with van der Waals surface area (Å²) in [7, 11) is -3.50. The van der Waals surface area contributed by atoms with Gasteiger partial charge in [-0.2, -0.15) is 0 Å². The average molecular weight is 394 g/mol. The number of imidazole rings is 1. The summed E-state index contributed by atoms with van der Waals surface area (Å²) in [4.78, 5) is 16.2. The first-order chi connectivity index (χ1) is 12.7. The van der Waals surface area contributed by atoms with Crippen LogP contribution in [-0.2, 0) is 25.8 Å². The number of ether oxygens (including phenoxy) is 1. The van der Waals surface area contributed by atoms with Gasteiger partial charge >= 0.3 is 5.97 Å². The molecule has 0 amide bonds. The molecular weight excluding hydrogens is 378 g/mol. The smallest absolute Gasteiger partial charge is 0.311 e. The maximum atomic E-state index is 13.6. The molecule has 0 atom stereocenters. The number of carbonyl (C=O) groups is 1. The lowest BCUT2D eigenvalue weighted by molar-refractivity contribution is -0.142. The van der Waals surface area contributed by atoms with Gasteiger partial charge in [0.05, 0.1) is 29.1 Å². The normalized spacial score (nSPS) is 11.7. The van der Waals surface area contributed by atoms with Crippen molar-refractivity contribution < 1.29 is 26.7 Å². The molecule has 6 nitrogen and oxygen atoms in total. The largest absolute Gasteiger partial charge is 0.466 e. The summed E-state index contributed by atoms with van der Waals surface area (Å²) in [5.74, 6) is -1.91. The third-order valence-electron chi connectivity index (χ3n) is 3.86. The van der Waals surface area contributed by atoms with E-state index < -0.39 is 27.4 Å². The van der Waals surface area contributed by atoms with Crippen LogP contribution < -0.4 is 0 Å². The van der Waals surface area contributed by atoms with Crippen molar-refractivity contribution in [2.24, 2.45) is 0 Å². The van der Waals surface area contributed by atoms with E-state index in [0.717, 1.165) is 24.5 Å². The zero-order chi connectivity index (χ0) is 19.8. The van der Waals surface area contributed by atoms with Crippen LogP contribution in [0.4, 0.5) is 8.78 Å². The van der Waals surface area contributed by atoms with Crippen molar-refractivity contribution >= 4 is 21.3 Å². The summed E-state index contributed by atoms with van der Waals surface area (Å²) in [5.41, 5.74) is 0.744. The van der Waals surface area contributed by atoms with Gasteiger partial charge in [0, 0.05) is 24.1 Å². The summed E-state index contributed by atoms with van der Waals surface area (Å²) in [6.07, 6.45) is 2.29. The number of esters is 1. The van der Waals surface area contributed by atoms with Gasteiger partial charge in [-0.1, -0.05) is 0 Å². The van der Waals surface area contributed by atoms with Crippen LogP contribution in [-0.4, -0.2) is 36.6 Å². The third kappa shape index (κ3) is 3.97. The van der Waals surface area contributed by atoms with Gasteiger partial charge in [0.25, 0.3) is 0 Å². The molecule has 0 fully saturated rings. The van der Waals surface area contributed by atoms with E-state index in [0.29, 0.717) is 5.52 Å². The van der Waals surface area contributed by atoms with Crippen molar-refractivity contribution in [3.63, 3.8) is 0 Å². The minimum atomic E-state index is -3.50. The highest BCUT2D eigenvalue weighted by Gasteiger charge is 2.19. The second kappa shape index (κ2) is 7.07. The standard InChI is InChI=1S/C18H16F2N2O4S/c1-3-26-17(23)10-15-16-9-14(27(2,24)25)4-5-22(16)18(21-15)11-6-12(19)8-13(20)7-11/h4-9H,3,10H2,1-2H3. The third-order valence-corrected chi connectivity index (χ3v) is 4.97. The number of halogens is 2.